The third-order valence-electron chi connectivity index (χ3n) is 4.86. The molecule has 2 fully saturated rings. The zero-order valence-electron chi connectivity index (χ0n) is 12.3. The average Bonchev–Trinajstić information content (AvgIpc) is 2.96. The maximum absolute atomic E-state index is 12.9. The predicted molar refractivity (Wildman–Crippen MR) is 85.1 cm³/mol. The van der Waals surface area contributed by atoms with Gasteiger partial charge in [0.25, 0.3) is 0 Å². The van der Waals surface area contributed by atoms with Crippen LogP contribution in [0.2, 0.25) is 5.02 Å². The fraction of sp³-hybridized carbons (Fsp3) is 0.588. The highest BCUT2D eigenvalue weighted by atomic mass is 35.5. The molecule has 21 heavy (non-hydrogen) atoms. The van der Waals surface area contributed by atoms with E-state index in [1.165, 1.54) is 0 Å². The summed E-state index contributed by atoms with van der Waals surface area (Å²) in [5.74, 6) is 0.393. The van der Waals surface area contributed by atoms with Crippen LogP contribution in [0.4, 0.5) is 0 Å². The van der Waals surface area contributed by atoms with E-state index >= 15 is 0 Å². The van der Waals surface area contributed by atoms with Crippen LogP contribution in [0.3, 0.4) is 0 Å². The van der Waals surface area contributed by atoms with Gasteiger partial charge >= 0.3 is 0 Å². The quantitative estimate of drug-likeness (QED) is 0.908. The Bertz CT molecular complexity index is 519. The molecule has 2 aliphatic rings. The van der Waals surface area contributed by atoms with E-state index in [-0.39, 0.29) is 23.9 Å². The minimum absolute atomic E-state index is 0.108. The first-order valence-corrected chi connectivity index (χ1v) is 8.35. The van der Waals surface area contributed by atoms with Gasteiger partial charge < -0.3 is 10.6 Å². The van der Waals surface area contributed by atoms with E-state index in [1.807, 2.05) is 29.2 Å². The van der Waals surface area contributed by atoms with Crippen LogP contribution in [0.5, 0.6) is 0 Å². The number of carbonyl (C=O) groups excluding carboxylic acids is 1. The summed E-state index contributed by atoms with van der Waals surface area (Å²) in [4.78, 5) is 14.9. The molecule has 4 heteroatoms. The van der Waals surface area contributed by atoms with Crippen LogP contribution in [0.1, 0.15) is 50.1 Å². The summed E-state index contributed by atoms with van der Waals surface area (Å²) in [6.07, 6.45) is 6.01. The number of nitrogens with zero attached hydrogens (tertiary/aromatic N) is 1. The van der Waals surface area contributed by atoms with E-state index in [9.17, 15) is 4.79 Å². The van der Waals surface area contributed by atoms with Crippen molar-refractivity contribution in [2.75, 3.05) is 6.54 Å². The molecule has 1 aliphatic heterocycles. The molecule has 1 saturated carbocycles. The average molecular weight is 307 g/mol. The first kappa shape index (κ1) is 14.9. The Balaban J connectivity index is 1.77. The minimum Gasteiger partial charge on any atom is -0.335 e. The largest absolute Gasteiger partial charge is 0.335 e. The number of carbonyl (C=O) groups is 1. The lowest BCUT2D eigenvalue weighted by Gasteiger charge is -2.33. The van der Waals surface area contributed by atoms with Crippen molar-refractivity contribution in [3.63, 3.8) is 0 Å². The van der Waals surface area contributed by atoms with Crippen molar-refractivity contribution >= 4 is 17.5 Å². The van der Waals surface area contributed by atoms with Gasteiger partial charge in [0.1, 0.15) is 0 Å². The summed E-state index contributed by atoms with van der Waals surface area (Å²) in [5.41, 5.74) is 7.13. The van der Waals surface area contributed by atoms with Gasteiger partial charge in [0.15, 0.2) is 0 Å². The third-order valence-corrected chi connectivity index (χ3v) is 5.21. The van der Waals surface area contributed by atoms with Crippen molar-refractivity contribution in [3.8, 4) is 0 Å². The molecule has 0 radical (unpaired) electrons. The standard InChI is InChI=1S/C17H23ClN2O/c18-15-8-2-1-7-14(15)16-9-4-10-20(16)17(21)12-5-3-6-13(19)11-12/h1-2,7-8,12-13,16H,3-6,9-11,19H2/t12-,13-,16-/m1/s1. The lowest BCUT2D eigenvalue weighted by atomic mass is 9.85. The summed E-state index contributed by atoms with van der Waals surface area (Å²) in [5, 5.41) is 0.766. The van der Waals surface area contributed by atoms with Crippen LogP contribution in [0.25, 0.3) is 0 Å². The number of halogens is 1. The molecule has 1 aliphatic carbocycles. The summed E-state index contributed by atoms with van der Waals surface area (Å²) >= 11 is 6.33. The van der Waals surface area contributed by atoms with Gasteiger partial charge in [0.2, 0.25) is 5.91 Å². The van der Waals surface area contributed by atoms with Crippen LogP contribution < -0.4 is 5.73 Å². The van der Waals surface area contributed by atoms with Gasteiger partial charge in [-0.05, 0) is 43.7 Å². The fourth-order valence-electron chi connectivity index (χ4n) is 3.79. The van der Waals surface area contributed by atoms with Crippen LogP contribution in [-0.4, -0.2) is 23.4 Å². The Labute approximate surface area is 131 Å². The van der Waals surface area contributed by atoms with Gasteiger partial charge in [0, 0.05) is 23.5 Å². The Hall–Kier alpha value is -1.06. The molecular formula is C17H23ClN2O. The van der Waals surface area contributed by atoms with Gasteiger partial charge in [-0.2, -0.15) is 0 Å². The van der Waals surface area contributed by atoms with Crippen molar-refractivity contribution in [2.24, 2.45) is 11.7 Å². The summed E-state index contributed by atoms with van der Waals surface area (Å²) < 4.78 is 0. The molecule has 1 heterocycles. The Morgan fingerprint density at radius 2 is 2.00 bits per heavy atom. The van der Waals surface area contributed by atoms with Gasteiger partial charge in [-0.15, -0.1) is 0 Å². The zero-order chi connectivity index (χ0) is 14.8. The molecular weight excluding hydrogens is 284 g/mol. The van der Waals surface area contributed by atoms with Crippen molar-refractivity contribution in [2.45, 2.75) is 50.6 Å². The number of rotatable bonds is 2. The van der Waals surface area contributed by atoms with Crippen LogP contribution >= 0.6 is 11.6 Å². The molecule has 0 bridgehead atoms. The smallest absolute Gasteiger partial charge is 0.226 e. The molecule has 0 aromatic heterocycles. The van der Waals surface area contributed by atoms with E-state index in [2.05, 4.69) is 0 Å². The first-order valence-electron chi connectivity index (χ1n) is 7.97. The molecule has 3 nitrogen and oxygen atoms in total. The molecule has 1 saturated heterocycles. The normalized spacial score (nSPS) is 29.6. The lowest BCUT2D eigenvalue weighted by Crippen LogP contribution is -2.40. The molecule has 0 spiro atoms. The summed E-state index contributed by atoms with van der Waals surface area (Å²) in [6, 6.07) is 8.23. The van der Waals surface area contributed by atoms with Crippen LogP contribution in [0, 0.1) is 5.92 Å². The lowest BCUT2D eigenvalue weighted by molar-refractivity contribution is -0.137. The van der Waals surface area contributed by atoms with Gasteiger partial charge in [0.05, 0.1) is 6.04 Å². The first-order chi connectivity index (χ1) is 10.2. The van der Waals surface area contributed by atoms with E-state index in [1.54, 1.807) is 0 Å². The number of amides is 1. The van der Waals surface area contributed by atoms with Crippen molar-refractivity contribution in [1.82, 2.24) is 4.90 Å². The van der Waals surface area contributed by atoms with Crippen LogP contribution in [-0.2, 0) is 4.79 Å². The second-order valence-electron chi connectivity index (χ2n) is 6.33. The molecule has 1 aromatic carbocycles. The molecule has 1 amide bonds. The molecule has 2 N–H and O–H groups in total. The summed E-state index contributed by atoms with van der Waals surface area (Å²) in [7, 11) is 0. The second-order valence-corrected chi connectivity index (χ2v) is 6.74. The van der Waals surface area contributed by atoms with E-state index < -0.39 is 0 Å². The highest BCUT2D eigenvalue weighted by Gasteiger charge is 2.36. The monoisotopic (exact) mass is 306 g/mol. The second kappa shape index (κ2) is 6.37. The van der Waals surface area contributed by atoms with Gasteiger partial charge in [-0.1, -0.05) is 36.2 Å². The topological polar surface area (TPSA) is 46.3 Å². The predicted octanol–water partition coefficient (Wildman–Crippen LogP) is 3.52. The maximum atomic E-state index is 12.9. The maximum Gasteiger partial charge on any atom is 0.226 e. The van der Waals surface area contributed by atoms with Crippen molar-refractivity contribution in [1.29, 1.82) is 0 Å². The number of nitrogens with two attached hydrogens (primary N) is 1. The fourth-order valence-corrected chi connectivity index (χ4v) is 4.05. The number of likely N-dealkylation sites (tertiary alicyclic amines) is 1. The number of hydrogen-bond acceptors (Lipinski definition) is 2. The minimum atomic E-state index is 0.108. The molecule has 3 rings (SSSR count). The van der Waals surface area contributed by atoms with Crippen LogP contribution in [0.15, 0.2) is 24.3 Å². The van der Waals surface area contributed by atoms with E-state index in [0.717, 1.165) is 55.7 Å². The molecule has 0 unspecified atom stereocenters. The number of benzene rings is 1. The van der Waals surface area contributed by atoms with Crippen molar-refractivity contribution < 1.29 is 4.79 Å². The molecule has 114 valence electrons. The number of hydrogen-bond donors (Lipinski definition) is 1. The molecule has 1 aromatic rings. The Morgan fingerprint density at radius 3 is 2.76 bits per heavy atom. The Morgan fingerprint density at radius 1 is 1.19 bits per heavy atom. The Kier molecular flexibility index (Phi) is 4.51. The zero-order valence-corrected chi connectivity index (χ0v) is 13.1. The third kappa shape index (κ3) is 3.09. The van der Waals surface area contributed by atoms with E-state index in [4.69, 9.17) is 17.3 Å². The highest BCUT2D eigenvalue weighted by molar-refractivity contribution is 6.31. The van der Waals surface area contributed by atoms with E-state index in [0.29, 0.717) is 0 Å². The molecule has 3 atom stereocenters. The highest BCUT2D eigenvalue weighted by Crippen LogP contribution is 2.38. The summed E-state index contributed by atoms with van der Waals surface area (Å²) in [6.45, 7) is 0.848. The van der Waals surface area contributed by atoms with Gasteiger partial charge in [-0.25, -0.2) is 0 Å². The van der Waals surface area contributed by atoms with Crippen molar-refractivity contribution in [3.05, 3.63) is 34.9 Å². The SMILES string of the molecule is N[C@@H]1CCC[C@@H](C(=O)N2CCC[C@@H]2c2ccccc2Cl)C1. The van der Waals surface area contributed by atoms with Gasteiger partial charge in [-0.3, -0.25) is 4.79 Å².